The van der Waals surface area contributed by atoms with E-state index in [0.717, 1.165) is 31.5 Å². The van der Waals surface area contributed by atoms with E-state index >= 15 is 0 Å². The van der Waals surface area contributed by atoms with Gasteiger partial charge in [0.2, 0.25) is 5.91 Å². The van der Waals surface area contributed by atoms with Gasteiger partial charge in [-0.1, -0.05) is 18.6 Å². The SMILES string of the molecule is O=C(Nc1ccccc1-n1cnnn1)[C@@H]1CCCCN1. The summed E-state index contributed by atoms with van der Waals surface area (Å²) in [5.41, 5.74) is 1.46. The molecule has 1 aliphatic heterocycles. The van der Waals surface area contributed by atoms with Crippen molar-refractivity contribution in [2.24, 2.45) is 0 Å². The molecule has 2 aromatic rings. The van der Waals surface area contributed by atoms with E-state index in [9.17, 15) is 4.79 Å². The van der Waals surface area contributed by atoms with Crippen LogP contribution in [0.15, 0.2) is 30.6 Å². The van der Waals surface area contributed by atoms with Crippen LogP contribution in [0.2, 0.25) is 0 Å². The zero-order valence-corrected chi connectivity index (χ0v) is 11.0. The molecule has 1 fully saturated rings. The second-order valence-electron chi connectivity index (χ2n) is 4.76. The van der Waals surface area contributed by atoms with E-state index in [4.69, 9.17) is 0 Å². The topological polar surface area (TPSA) is 84.7 Å². The summed E-state index contributed by atoms with van der Waals surface area (Å²) in [6.45, 7) is 0.896. The van der Waals surface area contributed by atoms with Gasteiger partial charge >= 0.3 is 0 Å². The molecule has 1 amide bonds. The maximum Gasteiger partial charge on any atom is 0.241 e. The van der Waals surface area contributed by atoms with Crippen LogP contribution < -0.4 is 10.6 Å². The highest BCUT2D eigenvalue weighted by Gasteiger charge is 2.21. The van der Waals surface area contributed by atoms with Crippen molar-refractivity contribution in [2.75, 3.05) is 11.9 Å². The van der Waals surface area contributed by atoms with Crippen LogP contribution in [0.25, 0.3) is 5.69 Å². The number of nitrogens with one attached hydrogen (secondary N) is 2. The summed E-state index contributed by atoms with van der Waals surface area (Å²) in [6, 6.07) is 7.34. The first-order valence-corrected chi connectivity index (χ1v) is 6.71. The van der Waals surface area contributed by atoms with Crippen molar-refractivity contribution in [2.45, 2.75) is 25.3 Å². The van der Waals surface area contributed by atoms with E-state index < -0.39 is 0 Å². The number of hydrogen-bond acceptors (Lipinski definition) is 5. The molecule has 2 heterocycles. The lowest BCUT2D eigenvalue weighted by molar-refractivity contribution is -0.118. The summed E-state index contributed by atoms with van der Waals surface area (Å²) in [5, 5.41) is 17.3. The molecule has 0 bridgehead atoms. The van der Waals surface area contributed by atoms with Gasteiger partial charge in [-0.25, -0.2) is 0 Å². The molecule has 1 aromatic carbocycles. The standard InChI is InChI=1S/C13H16N6O/c20-13(11-6-3-4-8-14-11)16-10-5-1-2-7-12(10)19-9-15-17-18-19/h1-2,5,7,9,11,14H,3-4,6,8H2,(H,16,20)/t11-/m0/s1. The monoisotopic (exact) mass is 272 g/mol. The molecule has 1 aromatic heterocycles. The quantitative estimate of drug-likeness (QED) is 0.861. The molecule has 7 heteroatoms. The molecular formula is C13H16N6O. The number of nitrogens with zero attached hydrogens (tertiary/aromatic N) is 4. The predicted octanol–water partition coefficient (Wildman–Crippen LogP) is 0.743. The first kappa shape index (κ1) is 12.7. The molecule has 2 N–H and O–H groups in total. The van der Waals surface area contributed by atoms with E-state index in [-0.39, 0.29) is 11.9 Å². The Morgan fingerprint density at radius 2 is 2.25 bits per heavy atom. The molecule has 0 unspecified atom stereocenters. The molecule has 0 aliphatic carbocycles. The van der Waals surface area contributed by atoms with Crippen molar-refractivity contribution in [1.29, 1.82) is 0 Å². The second kappa shape index (κ2) is 5.79. The van der Waals surface area contributed by atoms with Crippen molar-refractivity contribution < 1.29 is 4.79 Å². The molecule has 0 saturated carbocycles. The Morgan fingerprint density at radius 3 is 3.00 bits per heavy atom. The molecular weight excluding hydrogens is 256 g/mol. The fourth-order valence-electron chi connectivity index (χ4n) is 2.35. The van der Waals surface area contributed by atoms with Crippen LogP contribution in [0, 0.1) is 0 Å². The van der Waals surface area contributed by atoms with Gasteiger partial charge in [0.15, 0.2) is 0 Å². The van der Waals surface area contributed by atoms with Crippen LogP contribution in [0.5, 0.6) is 0 Å². The van der Waals surface area contributed by atoms with E-state index in [2.05, 4.69) is 26.2 Å². The fourth-order valence-corrected chi connectivity index (χ4v) is 2.35. The fraction of sp³-hybridized carbons (Fsp3) is 0.385. The van der Waals surface area contributed by atoms with Gasteiger partial charge in [0, 0.05) is 0 Å². The van der Waals surface area contributed by atoms with Gasteiger partial charge in [-0.15, -0.1) is 5.10 Å². The number of aromatic nitrogens is 4. The average molecular weight is 272 g/mol. The highest BCUT2D eigenvalue weighted by Crippen LogP contribution is 2.19. The van der Waals surface area contributed by atoms with E-state index in [1.807, 2.05) is 24.3 Å². The van der Waals surface area contributed by atoms with Gasteiger partial charge < -0.3 is 10.6 Å². The smallest absolute Gasteiger partial charge is 0.241 e. The number of amides is 1. The van der Waals surface area contributed by atoms with E-state index in [1.54, 1.807) is 0 Å². The number of para-hydroxylation sites is 2. The van der Waals surface area contributed by atoms with Gasteiger partial charge in [-0.05, 0) is 41.9 Å². The Labute approximate surface area is 116 Å². The number of piperidine rings is 1. The van der Waals surface area contributed by atoms with Gasteiger partial charge in [-0.2, -0.15) is 4.68 Å². The summed E-state index contributed by atoms with van der Waals surface area (Å²) < 4.78 is 1.53. The first-order valence-electron chi connectivity index (χ1n) is 6.71. The maximum atomic E-state index is 12.3. The largest absolute Gasteiger partial charge is 0.323 e. The third-order valence-corrected chi connectivity index (χ3v) is 3.38. The minimum atomic E-state index is -0.120. The molecule has 0 spiro atoms. The Bertz CT molecular complexity index is 576. The Balaban J connectivity index is 1.79. The summed E-state index contributed by atoms with van der Waals surface area (Å²) in [5.74, 6) is -0.00905. The van der Waals surface area contributed by atoms with Crippen LogP contribution >= 0.6 is 0 Å². The van der Waals surface area contributed by atoms with Crippen LogP contribution in [-0.2, 0) is 4.79 Å². The Kier molecular flexibility index (Phi) is 3.69. The number of benzene rings is 1. The molecule has 104 valence electrons. The maximum absolute atomic E-state index is 12.3. The highest BCUT2D eigenvalue weighted by atomic mass is 16.2. The lowest BCUT2D eigenvalue weighted by Crippen LogP contribution is -2.43. The van der Waals surface area contributed by atoms with Crippen LogP contribution in [0.1, 0.15) is 19.3 Å². The summed E-state index contributed by atoms with van der Waals surface area (Å²) in [7, 11) is 0. The lowest BCUT2D eigenvalue weighted by Gasteiger charge is -2.23. The number of carbonyl (C=O) groups excluding carboxylic acids is 1. The van der Waals surface area contributed by atoms with Gasteiger partial charge in [0.1, 0.15) is 6.33 Å². The summed E-state index contributed by atoms with van der Waals surface area (Å²) >= 11 is 0. The third-order valence-electron chi connectivity index (χ3n) is 3.38. The summed E-state index contributed by atoms with van der Waals surface area (Å²) in [4.78, 5) is 12.3. The van der Waals surface area contributed by atoms with Crippen LogP contribution in [0.3, 0.4) is 0 Å². The second-order valence-corrected chi connectivity index (χ2v) is 4.76. The van der Waals surface area contributed by atoms with Crippen LogP contribution in [0.4, 0.5) is 5.69 Å². The number of hydrogen-bond donors (Lipinski definition) is 2. The number of rotatable bonds is 3. The molecule has 3 rings (SSSR count). The average Bonchev–Trinajstić information content (AvgIpc) is 3.03. The zero-order valence-electron chi connectivity index (χ0n) is 11.0. The minimum absolute atomic E-state index is 0.00905. The number of anilines is 1. The lowest BCUT2D eigenvalue weighted by atomic mass is 10.0. The zero-order chi connectivity index (χ0) is 13.8. The molecule has 1 saturated heterocycles. The molecule has 1 aliphatic rings. The first-order chi connectivity index (χ1) is 9.84. The van der Waals surface area contributed by atoms with E-state index in [1.165, 1.54) is 11.0 Å². The minimum Gasteiger partial charge on any atom is -0.323 e. The van der Waals surface area contributed by atoms with Gasteiger partial charge in [-0.3, -0.25) is 4.79 Å². The Hall–Kier alpha value is -2.28. The molecule has 20 heavy (non-hydrogen) atoms. The van der Waals surface area contributed by atoms with Crippen molar-refractivity contribution in [1.82, 2.24) is 25.5 Å². The molecule has 0 radical (unpaired) electrons. The molecule has 7 nitrogen and oxygen atoms in total. The molecule has 1 atom stereocenters. The van der Waals surface area contributed by atoms with Crippen molar-refractivity contribution in [3.8, 4) is 5.69 Å². The van der Waals surface area contributed by atoms with Gasteiger partial charge in [0.05, 0.1) is 17.4 Å². The highest BCUT2D eigenvalue weighted by molar-refractivity contribution is 5.96. The third kappa shape index (κ3) is 2.67. The van der Waals surface area contributed by atoms with E-state index in [0.29, 0.717) is 5.69 Å². The van der Waals surface area contributed by atoms with Gasteiger partial charge in [0.25, 0.3) is 0 Å². The number of tetrazole rings is 1. The van der Waals surface area contributed by atoms with Crippen molar-refractivity contribution in [3.05, 3.63) is 30.6 Å². The predicted molar refractivity (Wildman–Crippen MR) is 73.4 cm³/mol. The normalized spacial score (nSPS) is 18.7. The van der Waals surface area contributed by atoms with Crippen molar-refractivity contribution in [3.63, 3.8) is 0 Å². The number of carbonyl (C=O) groups is 1. The summed E-state index contributed by atoms with van der Waals surface area (Å²) in [6.07, 6.45) is 4.59. The van der Waals surface area contributed by atoms with Crippen molar-refractivity contribution >= 4 is 11.6 Å². The van der Waals surface area contributed by atoms with Crippen LogP contribution in [-0.4, -0.2) is 38.7 Å². The Morgan fingerprint density at radius 1 is 1.35 bits per heavy atom.